The Bertz CT molecular complexity index is 1010. The molecule has 0 radical (unpaired) electrons. The van der Waals surface area contributed by atoms with Gasteiger partial charge in [-0.2, -0.15) is 0 Å². The molecule has 0 fully saturated rings. The number of nitrogens with one attached hydrogen (secondary N) is 1. The number of primary amides is 1. The second-order valence-corrected chi connectivity index (χ2v) is 6.22. The lowest BCUT2D eigenvalue weighted by atomic mass is 10.2. The highest BCUT2D eigenvalue weighted by atomic mass is 32.1. The molecular weight excluding hydrogens is 340 g/mol. The topological polar surface area (TPSA) is 98.7 Å². The first-order valence-corrected chi connectivity index (χ1v) is 8.26. The largest absolute Gasteiger partial charge is 0.483 e. The van der Waals surface area contributed by atoms with Crippen LogP contribution in [0.25, 0.3) is 10.2 Å². The Labute approximate surface area is 147 Å². The van der Waals surface area contributed by atoms with Crippen molar-refractivity contribution in [3.63, 3.8) is 0 Å². The summed E-state index contributed by atoms with van der Waals surface area (Å²) in [7, 11) is 1.88. The number of thiazole rings is 1. The van der Waals surface area contributed by atoms with Crippen LogP contribution in [0.15, 0.2) is 53.6 Å². The number of carbonyl (C=O) groups is 2. The highest BCUT2D eigenvalue weighted by Crippen LogP contribution is 2.18. The third-order valence-electron chi connectivity index (χ3n) is 3.47. The van der Waals surface area contributed by atoms with Crippen LogP contribution in [0.1, 0.15) is 10.4 Å². The third kappa shape index (κ3) is 3.69. The minimum atomic E-state index is -0.614. The van der Waals surface area contributed by atoms with E-state index < -0.39 is 11.8 Å². The molecule has 3 N–H and O–H groups in total. The van der Waals surface area contributed by atoms with Gasteiger partial charge in [0.15, 0.2) is 6.61 Å². The van der Waals surface area contributed by atoms with Crippen molar-refractivity contribution in [2.24, 2.45) is 17.9 Å². The summed E-state index contributed by atoms with van der Waals surface area (Å²) < 4.78 is 8.23. The van der Waals surface area contributed by atoms with Crippen molar-refractivity contribution in [3.8, 4) is 5.75 Å². The van der Waals surface area contributed by atoms with E-state index in [0.717, 1.165) is 10.2 Å². The number of hydrogen-bond acceptors (Lipinski definition) is 5. The molecule has 0 aliphatic rings. The molecule has 25 heavy (non-hydrogen) atoms. The molecule has 0 aliphatic heterocycles. The van der Waals surface area contributed by atoms with Crippen LogP contribution in [-0.4, -0.2) is 23.0 Å². The van der Waals surface area contributed by atoms with Gasteiger partial charge >= 0.3 is 0 Å². The average Bonchev–Trinajstić information content (AvgIpc) is 2.94. The summed E-state index contributed by atoms with van der Waals surface area (Å²) in [5.41, 5.74) is 8.90. The first-order valence-electron chi connectivity index (χ1n) is 7.45. The molecule has 3 rings (SSSR count). The van der Waals surface area contributed by atoms with Crippen LogP contribution in [-0.2, 0) is 11.8 Å². The van der Waals surface area contributed by atoms with Gasteiger partial charge in [0.1, 0.15) is 5.75 Å². The van der Waals surface area contributed by atoms with Crippen molar-refractivity contribution < 1.29 is 14.3 Å². The molecule has 1 heterocycles. The minimum Gasteiger partial charge on any atom is -0.483 e. The molecule has 1 aromatic heterocycles. The molecule has 0 saturated heterocycles. The predicted molar refractivity (Wildman–Crippen MR) is 95.0 cm³/mol. The van der Waals surface area contributed by atoms with E-state index in [1.165, 1.54) is 11.3 Å². The van der Waals surface area contributed by atoms with Gasteiger partial charge in [-0.1, -0.05) is 35.6 Å². The van der Waals surface area contributed by atoms with Gasteiger partial charge in [-0.15, -0.1) is 5.10 Å². The first kappa shape index (κ1) is 16.7. The van der Waals surface area contributed by atoms with Crippen molar-refractivity contribution >= 4 is 33.4 Å². The molecular formula is C17H16N4O3S. The average molecular weight is 356 g/mol. The lowest BCUT2D eigenvalue weighted by Gasteiger charge is -2.08. The monoisotopic (exact) mass is 356 g/mol. The standard InChI is InChI=1S/C17H16N4O3S/c1-21-12-7-3-5-9-14(12)25-17(21)20-19-16(23)11-6-2-4-8-13(11)24-10-15(18)22/h2-9H,10H2,1H3,(H2,18,22)(H,19,23)/b20-17+. The fourth-order valence-electron chi connectivity index (χ4n) is 2.28. The Morgan fingerprint density at radius 2 is 1.92 bits per heavy atom. The van der Waals surface area contributed by atoms with Crippen LogP contribution in [0, 0.1) is 0 Å². The fourth-order valence-corrected chi connectivity index (χ4v) is 3.26. The van der Waals surface area contributed by atoms with E-state index in [-0.39, 0.29) is 17.9 Å². The first-order chi connectivity index (χ1) is 12.1. The van der Waals surface area contributed by atoms with Crippen LogP contribution < -0.4 is 20.7 Å². The highest BCUT2D eigenvalue weighted by molar-refractivity contribution is 7.16. The summed E-state index contributed by atoms with van der Waals surface area (Å²) in [6, 6.07) is 14.5. The van der Waals surface area contributed by atoms with E-state index in [0.29, 0.717) is 4.80 Å². The zero-order chi connectivity index (χ0) is 17.8. The maximum absolute atomic E-state index is 12.4. The van der Waals surface area contributed by atoms with Crippen molar-refractivity contribution in [1.82, 2.24) is 9.99 Å². The van der Waals surface area contributed by atoms with Crippen molar-refractivity contribution in [1.29, 1.82) is 0 Å². The lowest BCUT2D eigenvalue weighted by molar-refractivity contribution is -0.119. The van der Waals surface area contributed by atoms with Crippen LogP contribution in [0.3, 0.4) is 0 Å². The lowest BCUT2D eigenvalue weighted by Crippen LogP contribution is -2.25. The number of carbonyl (C=O) groups excluding carboxylic acids is 2. The van der Waals surface area contributed by atoms with Gasteiger partial charge < -0.3 is 15.0 Å². The third-order valence-corrected chi connectivity index (χ3v) is 4.58. The number of nitrogens with two attached hydrogens (primary N) is 1. The zero-order valence-corrected chi connectivity index (χ0v) is 14.2. The van der Waals surface area contributed by atoms with Gasteiger partial charge in [0.2, 0.25) is 4.80 Å². The number of fused-ring (bicyclic) bond motifs is 1. The molecule has 0 unspecified atom stereocenters. The van der Waals surface area contributed by atoms with Crippen molar-refractivity contribution in [2.45, 2.75) is 0 Å². The second kappa shape index (κ2) is 7.18. The maximum Gasteiger partial charge on any atom is 0.275 e. The molecule has 128 valence electrons. The number of aromatic nitrogens is 1. The van der Waals surface area contributed by atoms with E-state index in [1.54, 1.807) is 24.3 Å². The molecule has 2 aromatic carbocycles. The zero-order valence-electron chi connectivity index (χ0n) is 13.4. The van der Waals surface area contributed by atoms with Gasteiger partial charge in [0.05, 0.1) is 15.8 Å². The summed E-state index contributed by atoms with van der Waals surface area (Å²) in [6.07, 6.45) is 0. The molecule has 0 aliphatic carbocycles. The molecule has 0 saturated carbocycles. The Balaban J connectivity index is 1.85. The number of hydrogen-bond donors (Lipinski definition) is 2. The minimum absolute atomic E-state index is 0.273. The molecule has 7 nitrogen and oxygen atoms in total. The van der Waals surface area contributed by atoms with Gasteiger partial charge in [0, 0.05) is 7.05 Å². The fraction of sp³-hybridized carbons (Fsp3) is 0.118. The van der Waals surface area contributed by atoms with Gasteiger partial charge in [-0.05, 0) is 24.3 Å². The molecule has 0 atom stereocenters. The Kier molecular flexibility index (Phi) is 4.80. The number of nitrogens with zero attached hydrogens (tertiary/aromatic N) is 2. The smallest absolute Gasteiger partial charge is 0.275 e. The van der Waals surface area contributed by atoms with Crippen LogP contribution in [0.5, 0.6) is 5.75 Å². The highest BCUT2D eigenvalue weighted by Gasteiger charge is 2.12. The number of ether oxygens (including phenoxy) is 1. The number of amides is 2. The molecule has 0 spiro atoms. The Hall–Kier alpha value is -3.13. The molecule has 8 heteroatoms. The number of para-hydroxylation sites is 2. The van der Waals surface area contributed by atoms with Crippen LogP contribution >= 0.6 is 11.3 Å². The summed E-state index contributed by atoms with van der Waals surface area (Å²) >= 11 is 1.47. The molecule has 0 bridgehead atoms. The summed E-state index contributed by atoms with van der Waals surface area (Å²) in [5, 5.41) is 4.19. The second-order valence-electron chi connectivity index (χ2n) is 5.22. The summed E-state index contributed by atoms with van der Waals surface area (Å²) in [6.45, 7) is -0.299. The summed E-state index contributed by atoms with van der Waals surface area (Å²) in [4.78, 5) is 23.9. The van der Waals surface area contributed by atoms with E-state index in [1.807, 2.05) is 35.9 Å². The SMILES string of the molecule is Cn1/c(=N\NC(=O)c2ccccc2OCC(N)=O)sc2ccccc21. The number of benzene rings is 2. The van der Waals surface area contributed by atoms with E-state index in [2.05, 4.69) is 10.5 Å². The summed E-state index contributed by atoms with van der Waals surface area (Å²) in [5.74, 6) is -0.774. The predicted octanol–water partition coefficient (Wildman–Crippen LogP) is 1.35. The maximum atomic E-state index is 12.4. The normalized spacial score (nSPS) is 11.5. The van der Waals surface area contributed by atoms with Gasteiger partial charge in [0.25, 0.3) is 11.8 Å². The molecule has 3 aromatic rings. The van der Waals surface area contributed by atoms with Gasteiger partial charge in [-0.25, -0.2) is 5.43 Å². The Morgan fingerprint density at radius 3 is 2.68 bits per heavy atom. The van der Waals surface area contributed by atoms with Crippen molar-refractivity contribution in [2.75, 3.05) is 6.61 Å². The quantitative estimate of drug-likeness (QED) is 0.675. The van der Waals surface area contributed by atoms with E-state index in [4.69, 9.17) is 10.5 Å². The van der Waals surface area contributed by atoms with Crippen LogP contribution in [0.2, 0.25) is 0 Å². The van der Waals surface area contributed by atoms with E-state index >= 15 is 0 Å². The van der Waals surface area contributed by atoms with E-state index in [9.17, 15) is 9.59 Å². The molecule has 2 amide bonds. The Morgan fingerprint density at radius 1 is 1.20 bits per heavy atom. The van der Waals surface area contributed by atoms with Crippen LogP contribution in [0.4, 0.5) is 0 Å². The number of rotatable bonds is 5. The van der Waals surface area contributed by atoms with Gasteiger partial charge in [-0.3, -0.25) is 9.59 Å². The number of aryl methyl sites for hydroxylation is 1. The van der Waals surface area contributed by atoms with Crippen molar-refractivity contribution in [3.05, 3.63) is 58.9 Å².